The van der Waals surface area contributed by atoms with Gasteiger partial charge in [-0.2, -0.15) is 5.10 Å². The highest BCUT2D eigenvalue weighted by Gasteiger charge is 2.63. The van der Waals surface area contributed by atoms with Crippen molar-refractivity contribution in [2.24, 2.45) is 5.41 Å². The number of hydrogen-bond acceptors (Lipinski definition) is 3. The average Bonchev–Trinajstić information content (AvgIpc) is 2.74. The lowest BCUT2D eigenvalue weighted by atomic mass is 9.96. The Kier molecular flexibility index (Phi) is 2.31. The lowest BCUT2D eigenvalue weighted by molar-refractivity contribution is 0.215. The topological polar surface area (TPSA) is 34.0 Å². The van der Waals surface area contributed by atoms with Crippen molar-refractivity contribution < 1.29 is 0 Å². The Balaban J connectivity index is 1.64. The molecule has 1 aliphatic carbocycles. The van der Waals surface area contributed by atoms with Gasteiger partial charge in [0.2, 0.25) is 0 Å². The Morgan fingerprint density at radius 1 is 1.39 bits per heavy atom. The van der Waals surface area contributed by atoms with Gasteiger partial charge < -0.3 is 0 Å². The standard InChI is InChI=1S/C14H22N4/c1-2-18-11-5-3-4-6-13-15-10-17(16-13)9-14(7-11)8-12(14)18/h10-12H,2-9H2,1H3/t11-,12-,14+/m1/s1. The zero-order valence-electron chi connectivity index (χ0n) is 11.2. The molecular weight excluding hydrogens is 224 g/mol. The van der Waals surface area contributed by atoms with E-state index in [1.54, 1.807) is 0 Å². The molecule has 1 spiro atoms. The second-order valence-electron chi connectivity index (χ2n) is 6.37. The van der Waals surface area contributed by atoms with Crippen molar-refractivity contribution in [3.05, 3.63) is 12.2 Å². The summed E-state index contributed by atoms with van der Waals surface area (Å²) in [5, 5.41) is 4.64. The molecule has 98 valence electrons. The van der Waals surface area contributed by atoms with Crippen LogP contribution in [0.3, 0.4) is 0 Å². The van der Waals surface area contributed by atoms with Crippen molar-refractivity contribution in [2.75, 3.05) is 6.54 Å². The van der Waals surface area contributed by atoms with Crippen molar-refractivity contribution in [2.45, 2.75) is 64.1 Å². The average molecular weight is 246 g/mol. The van der Waals surface area contributed by atoms with E-state index in [1.807, 2.05) is 6.33 Å². The number of fused-ring (bicyclic) bond motifs is 3. The Morgan fingerprint density at radius 3 is 3.22 bits per heavy atom. The molecule has 1 saturated heterocycles. The summed E-state index contributed by atoms with van der Waals surface area (Å²) in [7, 11) is 0. The monoisotopic (exact) mass is 246 g/mol. The van der Waals surface area contributed by atoms with E-state index in [0.29, 0.717) is 5.41 Å². The van der Waals surface area contributed by atoms with Crippen LogP contribution in [-0.4, -0.2) is 38.3 Å². The van der Waals surface area contributed by atoms with Gasteiger partial charge in [0.25, 0.3) is 0 Å². The molecule has 0 aromatic carbocycles. The fraction of sp³-hybridized carbons (Fsp3) is 0.857. The van der Waals surface area contributed by atoms with Gasteiger partial charge in [0.1, 0.15) is 6.33 Å². The van der Waals surface area contributed by atoms with E-state index < -0.39 is 0 Å². The fourth-order valence-electron chi connectivity index (χ4n) is 4.35. The Bertz CT molecular complexity index is 454. The van der Waals surface area contributed by atoms with E-state index in [-0.39, 0.29) is 0 Å². The van der Waals surface area contributed by atoms with Crippen LogP contribution in [-0.2, 0) is 13.0 Å². The summed E-state index contributed by atoms with van der Waals surface area (Å²) in [6.07, 6.45) is 9.73. The number of aryl methyl sites for hydroxylation is 1. The van der Waals surface area contributed by atoms with Crippen LogP contribution in [0.2, 0.25) is 0 Å². The molecule has 0 radical (unpaired) electrons. The molecule has 1 aromatic rings. The Morgan fingerprint density at radius 2 is 2.33 bits per heavy atom. The zero-order chi connectivity index (χ0) is 12.2. The van der Waals surface area contributed by atoms with E-state index in [1.165, 1.54) is 38.6 Å². The first-order chi connectivity index (χ1) is 8.81. The third-order valence-corrected chi connectivity index (χ3v) is 5.27. The highest BCUT2D eigenvalue weighted by molar-refractivity contribution is 5.16. The summed E-state index contributed by atoms with van der Waals surface area (Å²) < 4.78 is 2.11. The molecule has 3 aliphatic rings. The second kappa shape index (κ2) is 3.80. The first kappa shape index (κ1) is 11.0. The van der Waals surface area contributed by atoms with Gasteiger partial charge in [-0.15, -0.1) is 0 Å². The molecule has 2 fully saturated rings. The molecular formula is C14H22N4. The molecule has 4 nitrogen and oxygen atoms in total. The molecule has 18 heavy (non-hydrogen) atoms. The number of likely N-dealkylation sites (tertiary alicyclic amines) is 1. The molecule has 4 heteroatoms. The maximum absolute atomic E-state index is 4.64. The van der Waals surface area contributed by atoms with Crippen LogP contribution in [0.5, 0.6) is 0 Å². The van der Waals surface area contributed by atoms with E-state index in [0.717, 1.165) is 30.9 Å². The SMILES string of the molecule is CCN1[C@@H]2CCCCc3ncn(n3)C[C@]3(C2)C[C@@H]13. The van der Waals surface area contributed by atoms with Gasteiger partial charge in [0, 0.05) is 30.5 Å². The van der Waals surface area contributed by atoms with Crippen LogP contribution >= 0.6 is 0 Å². The molecule has 1 aromatic heterocycles. The van der Waals surface area contributed by atoms with Gasteiger partial charge in [0.05, 0.1) is 0 Å². The number of hydrogen-bond donors (Lipinski definition) is 0. The number of piperidine rings is 1. The Hall–Kier alpha value is -0.900. The highest BCUT2D eigenvalue weighted by atomic mass is 15.4. The van der Waals surface area contributed by atoms with Crippen molar-refractivity contribution >= 4 is 0 Å². The summed E-state index contributed by atoms with van der Waals surface area (Å²) in [5.74, 6) is 1.05. The maximum Gasteiger partial charge on any atom is 0.150 e. The first-order valence-electron chi connectivity index (χ1n) is 7.45. The van der Waals surface area contributed by atoms with Crippen molar-refractivity contribution in [1.82, 2.24) is 19.7 Å². The minimum absolute atomic E-state index is 0.538. The van der Waals surface area contributed by atoms with Crippen molar-refractivity contribution in [3.63, 3.8) is 0 Å². The minimum Gasteiger partial charge on any atom is -0.297 e. The molecule has 2 aliphatic heterocycles. The number of nitrogens with zero attached hydrogens (tertiary/aromatic N) is 4. The molecule has 4 bridgehead atoms. The lowest BCUT2D eigenvalue weighted by Gasteiger charge is -2.25. The predicted molar refractivity (Wildman–Crippen MR) is 69.2 cm³/mol. The second-order valence-corrected chi connectivity index (χ2v) is 6.37. The van der Waals surface area contributed by atoms with Gasteiger partial charge in [-0.05, 0) is 32.2 Å². The van der Waals surface area contributed by atoms with Gasteiger partial charge in [0.15, 0.2) is 5.82 Å². The maximum atomic E-state index is 4.64. The van der Waals surface area contributed by atoms with Gasteiger partial charge in [-0.1, -0.05) is 13.3 Å². The molecule has 0 unspecified atom stereocenters. The third kappa shape index (κ3) is 1.54. The molecule has 4 rings (SSSR count). The Labute approximate surface area is 108 Å². The van der Waals surface area contributed by atoms with Gasteiger partial charge in [-0.3, -0.25) is 9.58 Å². The first-order valence-corrected chi connectivity index (χ1v) is 7.45. The van der Waals surface area contributed by atoms with Crippen LogP contribution < -0.4 is 0 Å². The zero-order valence-corrected chi connectivity index (χ0v) is 11.2. The van der Waals surface area contributed by atoms with Crippen LogP contribution in [0.1, 0.15) is 44.9 Å². The van der Waals surface area contributed by atoms with Crippen LogP contribution in [0.4, 0.5) is 0 Å². The summed E-state index contributed by atoms with van der Waals surface area (Å²) in [4.78, 5) is 7.20. The molecule has 3 heterocycles. The van der Waals surface area contributed by atoms with E-state index >= 15 is 0 Å². The highest BCUT2D eigenvalue weighted by Crippen LogP contribution is 2.60. The summed E-state index contributed by atoms with van der Waals surface area (Å²) in [6.45, 7) is 4.64. The molecule has 0 N–H and O–H groups in total. The summed E-state index contributed by atoms with van der Waals surface area (Å²) >= 11 is 0. The van der Waals surface area contributed by atoms with E-state index in [4.69, 9.17) is 0 Å². The van der Waals surface area contributed by atoms with E-state index in [2.05, 4.69) is 26.6 Å². The van der Waals surface area contributed by atoms with Crippen molar-refractivity contribution in [1.29, 1.82) is 0 Å². The minimum atomic E-state index is 0.538. The molecule has 1 saturated carbocycles. The van der Waals surface area contributed by atoms with Crippen LogP contribution in [0.15, 0.2) is 6.33 Å². The smallest absolute Gasteiger partial charge is 0.150 e. The lowest BCUT2D eigenvalue weighted by Crippen LogP contribution is -2.32. The fourth-order valence-corrected chi connectivity index (χ4v) is 4.35. The number of rotatable bonds is 1. The molecule has 0 amide bonds. The van der Waals surface area contributed by atoms with Gasteiger partial charge >= 0.3 is 0 Å². The normalized spacial score (nSPS) is 39.2. The third-order valence-electron chi connectivity index (χ3n) is 5.27. The predicted octanol–water partition coefficient (Wildman–Crippen LogP) is 1.86. The summed E-state index contributed by atoms with van der Waals surface area (Å²) in [6, 6.07) is 1.67. The quantitative estimate of drug-likeness (QED) is 0.758. The van der Waals surface area contributed by atoms with E-state index in [9.17, 15) is 0 Å². The van der Waals surface area contributed by atoms with Crippen LogP contribution in [0, 0.1) is 5.41 Å². The molecule has 3 atom stereocenters. The largest absolute Gasteiger partial charge is 0.297 e. The number of aromatic nitrogens is 3. The van der Waals surface area contributed by atoms with Gasteiger partial charge in [-0.25, -0.2) is 4.98 Å². The van der Waals surface area contributed by atoms with Crippen molar-refractivity contribution in [3.8, 4) is 0 Å². The van der Waals surface area contributed by atoms with Crippen LogP contribution in [0.25, 0.3) is 0 Å². The summed E-state index contributed by atoms with van der Waals surface area (Å²) in [5.41, 5.74) is 0.538.